The summed E-state index contributed by atoms with van der Waals surface area (Å²) in [7, 11) is 1.79. The van der Waals surface area contributed by atoms with Crippen LogP contribution in [0.2, 0.25) is 0 Å². The van der Waals surface area contributed by atoms with Crippen LogP contribution >= 0.6 is 0 Å². The Bertz CT molecular complexity index is 765. The first-order valence-electron chi connectivity index (χ1n) is 9.12. The normalized spacial score (nSPS) is 19.8. The summed E-state index contributed by atoms with van der Waals surface area (Å²) in [5.41, 5.74) is 1.65. The molecule has 0 unspecified atom stereocenters. The lowest BCUT2D eigenvalue weighted by Crippen LogP contribution is -2.46. The molecule has 6 heteroatoms. The number of carbonyl (C=O) groups excluding carboxylic acids is 1. The van der Waals surface area contributed by atoms with Gasteiger partial charge in [-0.15, -0.1) is 0 Å². The summed E-state index contributed by atoms with van der Waals surface area (Å²) in [6.07, 6.45) is 5.01. The number of anilines is 1. The highest BCUT2D eigenvalue weighted by Gasteiger charge is 2.29. The summed E-state index contributed by atoms with van der Waals surface area (Å²) in [6, 6.07) is 9.32. The van der Waals surface area contributed by atoms with Crippen molar-refractivity contribution in [1.29, 1.82) is 0 Å². The fourth-order valence-corrected chi connectivity index (χ4v) is 3.46. The molecule has 1 aliphatic carbocycles. The Labute approximate surface area is 154 Å². The van der Waals surface area contributed by atoms with Gasteiger partial charge < -0.3 is 15.3 Å². The van der Waals surface area contributed by atoms with Crippen LogP contribution < -0.4 is 5.32 Å². The maximum atomic E-state index is 12.8. The molecule has 1 aliphatic rings. The molecule has 1 saturated carbocycles. The van der Waals surface area contributed by atoms with E-state index in [9.17, 15) is 9.90 Å². The molecule has 2 atom stereocenters. The number of nitrogens with zero attached hydrogens (tertiary/aromatic N) is 3. The van der Waals surface area contributed by atoms with Crippen molar-refractivity contribution in [3.8, 4) is 0 Å². The third-order valence-electron chi connectivity index (χ3n) is 4.94. The van der Waals surface area contributed by atoms with Crippen LogP contribution in [0.3, 0.4) is 0 Å². The molecule has 138 valence electrons. The Balaban J connectivity index is 1.67. The van der Waals surface area contributed by atoms with Crippen LogP contribution in [0.4, 0.5) is 5.82 Å². The second-order valence-corrected chi connectivity index (χ2v) is 6.88. The number of nitrogens with one attached hydrogen (secondary N) is 1. The minimum Gasteiger partial charge on any atom is -0.391 e. The van der Waals surface area contributed by atoms with E-state index in [1.165, 1.54) is 0 Å². The van der Waals surface area contributed by atoms with Gasteiger partial charge in [0.15, 0.2) is 0 Å². The molecule has 1 fully saturated rings. The van der Waals surface area contributed by atoms with Crippen molar-refractivity contribution in [2.24, 2.45) is 0 Å². The summed E-state index contributed by atoms with van der Waals surface area (Å²) in [5, 5.41) is 13.5. The number of aryl methyl sites for hydroxylation is 1. The molecule has 1 aromatic carbocycles. The number of aromatic nitrogens is 2. The minimum atomic E-state index is -0.427. The monoisotopic (exact) mass is 354 g/mol. The van der Waals surface area contributed by atoms with Crippen LogP contribution in [0, 0.1) is 6.92 Å². The van der Waals surface area contributed by atoms with Crippen molar-refractivity contribution in [2.45, 2.75) is 51.3 Å². The number of likely N-dealkylation sites (N-methyl/N-ethyl adjacent to an activating group) is 1. The molecular weight excluding hydrogens is 328 g/mol. The van der Waals surface area contributed by atoms with Crippen LogP contribution in [-0.4, -0.2) is 45.1 Å². The van der Waals surface area contributed by atoms with Gasteiger partial charge in [-0.3, -0.25) is 4.79 Å². The summed E-state index contributed by atoms with van der Waals surface area (Å²) in [5.74, 6) is 1.43. The minimum absolute atomic E-state index is 0.0457. The van der Waals surface area contributed by atoms with E-state index in [0.717, 1.165) is 37.1 Å². The quantitative estimate of drug-likeness (QED) is 0.863. The highest BCUT2D eigenvalue weighted by molar-refractivity contribution is 5.94. The van der Waals surface area contributed by atoms with Gasteiger partial charge in [-0.2, -0.15) is 0 Å². The van der Waals surface area contributed by atoms with Gasteiger partial charge in [-0.25, -0.2) is 9.97 Å². The molecule has 0 saturated heterocycles. The van der Waals surface area contributed by atoms with E-state index in [-0.39, 0.29) is 11.9 Å². The van der Waals surface area contributed by atoms with Crippen molar-refractivity contribution in [2.75, 3.05) is 12.4 Å². The lowest BCUT2D eigenvalue weighted by atomic mass is 9.91. The number of hydrogen-bond donors (Lipinski definition) is 2. The third kappa shape index (κ3) is 4.38. The Morgan fingerprint density at radius 2 is 2.12 bits per heavy atom. The second kappa shape index (κ2) is 8.27. The van der Waals surface area contributed by atoms with Crippen LogP contribution in [-0.2, 0) is 6.54 Å². The summed E-state index contributed by atoms with van der Waals surface area (Å²) >= 11 is 0. The topological polar surface area (TPSA) is 78.4 Å². The van der Waals surface area contributed by atoms with E-state index in [2.05, 4.69) is 15.3 Å². The van der Waals surface area contributed by atoms with Crippen molar-refractivity contribution >= 4 is 11.7 Å². The van der Waals surface area contributed by atoms with Crippen LogP contribution in [0.15, 0.2) is 36.5 Å². The Hall–Kier alpha value is -2.47. The van der Waals surface area contributed by atoms with Gasteiger partial charge in [0, 0.05) is 25.4 Å². The lowest BCUT2D eigenvalue weighted by molar-refractivity contribution is 0.0268. The second-order valence-electron chi connectivity index (χ2n) is 6.88. The number of rotatable bonds is 5. The van der Waals surface area contributed by atoms with E-state index in [4.69, 9.17) is 0 Å². The molecule has 26 heavy (non-hydrogen) atoms. The number of benzene rings is 1. The van der Waals surface area contributed by atoms with Gasteiger partial charge in [0.25, 0.3) is 5.91 Å². The predicted octanol–water partition coefficient (Wildman–Crippen LogP) is 2.77. The Morgan fingerprint density at radius 1 is 1.31 bits per heavy atom. The average Bonchev–Trinajstić information content (AvgIpc) is 2.66. The fraction of sp³-hybridized carbons (Fsp3) is 0.450. The molecule has 0 aliphatic heterocycles. The van der Waals surface area contributed by atoms with Crippen molar-refractivity contribution in [3.05, 3.63) is 53.5 Å². The Morgan fingerprint density at radius 3 is 2.88 bits per heavy atom. The molecule has 3 rings (SSSR count). The predicted molar refractivity (Wildman–Crippen MR) is 101 cm³/mol. The summed E-state index contributed by atoms with van der Waals surface area (Å²) < 4.78 is 0. The van der Waals surface area contributed by atoms with Crippen molar-refractivity contribution in [3.63, 3.8) is 0 Å². The molecular formula is C20H26N4O2. The Kier molecular flexibility index (Phi) is 5.83. The molecule has 0 bridgehead atoms. The van der Waals surface area contributed by atoms with Gasteiger partial charge in [0.05, 0.1) is 12.1 Å². The van der Waals surface area contributed by atoms with E-state index in [0.29, 0.717) is 17.9 Å². The first-order valence-corrected chi connectivity index (χ1v) is 9.12. The molecule has 1 aromatic heterocycles. The molecule has 1 amide bonds. The van der Waals surface area contributed by atoms with Crippen molar-refractivity contribution in [1.82, 2.24) is 14.9 Å². The lowest BCUT2D eigenvalue weighted by Gasteiger charge is -2.35. The maximum absolute atomic E-state index is 12.8. The summed E-state index contributed by atoms with van der Waals surface area (Å²) in [6.45, 7) is 2.42. The molecule has 2 aromatic rings. The number of hydrogen-bond acceptors (Lipinski definition) is 5. The fourth-order valence-electron chi connectivity index (χ4n) is 3.46. The van der Waals surface area contributed by atoms with E-state index in [1.807, 2.05) is 37.3 Å². The van der Waals surface area contributed by atoms with Crippen LogP contribution in [0.1, 0.15) is 47.4 Å². The molecule has 6 nitrogen and oxygen atoms in total. The molecule has 2 N–H and O–H groups in total. The summed E-state index contributed by atoms with van der Waals surface area (Å²) in [4.78, 5) is 22.9. The number of aliphatic hydroxyl groups excluding tert-OH is 1. The van der Waals surface area contributed by atoms with Crippen LogP contribution in [0.25, 0.3) is 0 Å². The first-order chi connectivity index (χ1) is 12.5. The average molecular weight is 354 g/mol. The number of amides is 1. The standard InChI is InChI=1S/C20H26N4O2/c1-14-21-11-10-19(23-14)22-13-15-6-5-7-16(12-15)20(26)24(2)17-8-3-4-9-18(17)25/h5-7,10-12,17-18,25H,3-4,8-9,13H2,1-2H3,(H,21,22,23)/t17-,18-/m1/s1. The zero-order chi connectivity index (χ0) is 18.5. The van der Waals surface area contributed by atoms with E-state index < -0.39 is 6.10 Å². The van der Waals surface area contributed by atoms with Crippen LogP contribution in [0.5, 0.6) is 0 Å². The molecule has 0 radical (unpaired) electrons. The van der Waals surface area contributed by atoms with Gasteiger partial charge in [0.2, 0.25) is 0 Å². The van der Waals surface area contributed by atoms with Gasteiger partial charge in [-0.1, -0.05) is 25.0 Å². The third-order valence-corrected chi connectivity index (χ3v) is 4.94. The van der Waals surface area contributed by atoms with Crippen molar-refractivity contribution < 1.29 is 9.90 Å². The van der Waals surface area contributed by atoms with Gasteiger partial charge >= 0.3 is 0 Å². The highest BCUT2D eigenvalue weighted by atomic mass is 16.3. The maximum Gasteiger partial charge on any atom is 0.253 e. The zero-order valence-electron chi connectivity index (χ0n) is 15.4. The number of aliphatic hydroxyl groups is 1. The highest BCUT2D eigenvalue weighted by Crippen LogP contribution is 2.23. The first kappa shape index (κ1) is 18.3. The van der Waals surface area contributed by atoms with Gasteiger partial charge in [-0.05, 0) is 43.5 Å². The van der Waals surface area contributed by atoms with E-state index in [1.54, 1.807) is 18.1 Å². The molecule has 0 spiro atoms. The molecule has 1 heterocycles. The zero-order valence-corrected chi connectivity index (χ0v) is 15.4. The van der Waals surface area contributed by atoms with Gasteiger partial charge in [0.1, 0.15) is 11.6 Å². The smallest absolute Gasteiger partial charge is 0.253 e. The largest absolute Gasteiger partial charge is 0.391 e. The number of carbonyl (C=O) groups is 1. The SMILES string of the molecule is Cc1nccc(NCc2cccc(C(=O)N(C)[C@@H]3CCCC[C@H]3O)c2)n1. The van der Waals surface area contributed by atoms with E-state index >= 15 is 0 Å².